The normalized spacial score (nSPS) is 24.7. The van der Waals surface area contributed by atoms with Gasteiger partial charge in [-0.1, -0.05) is 6.92 Å². The Kier molecular flexibility index (Phi) is 5.21. The number of amides is 1. The van der Waals surface area contributed by atoms with Gasteiger partial charge in [0, 0.05) is 13.1 Å². The van der Waals surface area contributed by atoms with E-state index in [1.165, 1.54) is 5.57 Å². The Morgan fingerprint density at radius 2 is 1.95 bits per heavy atom. The maximum absolute atomic E-state index is 11.8. The number of alkyl carbamates (subject to hydrolysis) is 1. The largest absolute Gasteiger partial charge is 0.444 e. The zero-order chi connectivity index (χ0) is 14.6. The van der Waals surface area contributed by atoms with E-state index in [2.05, 4.69) is 30.2 Å². The van der Waals surface area contributed by atoms with Crippen LogP contribution in [0.3, 0.4) is 0 Å². The van der Waals surface area contributed by atoms with Crippen LogP contribution in [0.15, 0.2) is 16.9 Å². The fourth-order valence-corrected chi connectivity index (χ4v) is 1.88. The second-order valence-electron chi connectivity index (χ2n) is 6.25. The van der Waals surface area contributed by atoms with Gasteiger partial charge in [-0.3, -0.25) is 0 Å². The maximum Gasteiger partial charge on any atom is 0.408 e. The van der Waals surface area contributed by atoms with E-state index in [1.807, 2.05) is 27.7 Å². The molecular weight excluding hydrogens is 240 g/mol. The van der Waals surface area contributed by atoms with Crippen LogP contribution in [0.25, 0.3) is 0 Å². The van der Waals surface area contributed by atoms with E-state index >= 15 is 0 Å². The summed E-state index contributed by atoms with van der Waals surface area (Å²) in [6, 6.07) is -0.0719. The molecule has 4 heteroatoms. The van der Waals surface area contributed by atoms with Crippen LogP contribution in [-0.2, 0) is 4.74 Å². The van der Waals surface area contributed by atoms with Crippen LogP contribution < -0.4 is 10.6 Å². The number of hydrogen-bond donors (Lipinski definition) is 2. The molecule has 0 fully saturated rings. The molecule has 0 aromatic carbocycles. The number of ether oxygens (including phenoxy) is 1. The Hall–Kier alpha value is -1.25. The first-order chi connectivity index (χ1) is 8.69. The monoisotopic (exact) mass is 266 g/mol. The van der Waals surface area contributed by atoms with Crippen molar-refractivity contribution in [2.75, 3.05) is 13.1 Å². The molecule has 1 unspecified atom stereocenters. The average molecular weight is 266 g/mol. The van der Waals surface area contributed by atoms with Gasteiger partial charge in [0.25, 0.3) is 0 Å². The summed E-state index contributed by atoms with van der Waals surface area (Å²) < 4.78 is 5.28. The van der Waals surface area contributed by atoms with Crippen LogP contribution in [0, 0.1) is 5.92 Å². The highest BCUT2D eigenvalue weighted by molar-refractivity contribution is 5.68. The minimum Gasteiger partial charge on any atom is -0.444 e. The number of nitrogens with one attached hydrogen (secondary N) is 2. The first kappa shape index (κ1) is 15.8. The molecular formula is C15H26N2O2. The number of rotatable bonds is 1. The third-order valence-electron chi connectivity index (χ3n) is 3.15. The van der Waals surface area contributed by atoms with E-state index in [0.29, 0.717) is 12.5 Å². The summed E-state index contributed by atoms with van der Waals surface area (Å²) in [5, 5.41) is 6.26. The van der Waals surface area contributed by atoms with Gasteiger partial charge in [-0.05, 0) is 51.7 Å². The number of carbonyl (C=O) groups excluding carboxylic acids is 1. The van der Waals surface area contributed by atoms with E-state index in [-0.39, 0.29) is 12.1 Å². The first-order valence-electron chi connectivity index (χ1n) is 6.83. The Morgan fingerprint density at radius 1 is 1.32 bits per heavy atom. The molecule has 1 rings (SSSR count). The minimum absolute atomic E-state index is 0.0719. The Morgan fingerprint density at radius 3 is 2.53 bits per heavy atom. The molecule has 0 spiro atoms. The Balaban J connectivity index is 2.77. The van der Waals surface area contributed by atoms with Crippen molar-refractivity contribution in [3.8, 4) is 0 Å². The predicted octanol–water partition coefficient (Wildman–Crippen LogP) is 2.61. The van der Waals surface area contributed by atoms with E-state index in [4.69, 9.17) is 4.74 Å². The third-order valence-corrected chi connectivity index (χ3v) is 3.15. The standard InChI is InChI=1S/C15H26N2O2/c1-10-7-11(2)13(9-16-8-12(10)3)17-14(18)19-15(4,5)6/h12-13,16H,8-9H2,1-6H3,(H,17,18)/t7?,12?,13-/m1/s1. The average Bonchev–Trinajstić information content (AvgIpc) is 2.23. The highest BCUT2D eigenvalue weighted by atomic mass is 16.6. The van der Waals surface area contributed by atoms with Crippen molar-refractivity contribution in [3.05, 3.63) is 16.9 Å². The van der Waals surface area contributed by atoms with E-state index in [9.17, 15) is 4.79 Å². The Labute approximate surface area is 116 Å². The lowest BCUT2D eigenvalue weighted by atomic mass is 9.98. The van der Waals surface area contributed by atoms with Crippen molar-refractivity contribution in [3.63, 3.8) is 0 Å². The summed E-state index contributed by atoms with van der Waals surface area (Å²) in [5.41, 5.74) is 5.14. The van der Waals surface area contributed by atoms with Crippen molar-refractivity contribution in [2.24, 2.45) is 5.92 Å². The molecule has 1 aliphatic heterocycles. The maximum atomic E-state index is 11.8. The molecule has 1 aliphatic rings. The smallest absolute Gasteiger partial charge is 0.408 e. The number of carbonyl (C=O) groups is 1. The second kappa shape index (κ2) is 6.27. The van der Waals surface area contributed by atoms with Gasteiger partial charge in [0.05, 0.1) is 6.04 Å². The molecule has 1 heterocycles. The molecule has 0 bridgehead atoms. The lowest BCUT2D eigenvalue weighted by Gasteiger charge is -2.25. The summed E-state index contributed by atoms with van der Waals surface area (Å²) in [6.45, 7) is 13.4. The van der Waals surface area contributed by atoms with Gasteiger partial charge in [0.2, 0.25) is 0 Å². The number of hydrogen-bond acceptors (Lipinski definition) is 3. The van der Waals surface area contributed by atoms with Crippen LogP contribution in [0.1, 0.15) is 41.5 Å². The van der Waals surface area contributed by atoms with Gasteiger partial charge in [-0.25, -0.2) is 4.79 Å². The van der Waals surface area contributed by atoms with Crippen LogP contribution in [0.4, 0.5) is 4.79 Å². The Bertz CT molecular complexity index is 401. The quantitative estimate of drug-likeness (QED) is 0.717. The van der Waals surface area contributed by atoms with Gasteiger partial charge < -0.3 is 15.4 Å². The van der Waals surface area contributed by atoms with E-state index < -0.39 is 5.60 Å². The van der Waals surface area contributed by atoms with Gasteiger partial charge in [-0.2, -0.15) is 0 Å². The van der Waals surface area contributed by atoms with Gasteiger partial charge >= 0.3 is 6.09 Å². The highest BCUT2D eigenvalue weighted by Crippen LogP contribution is 2.13. The molecule has 108 valence electrons. The van der Waals surface area contributed by atoms with Gasteiger partial charge in [0.15, 0.2) is 0 Å². The zero-order valence-electron chi connectivity index (χ0n) is 12.9. The molecule has 0 aromatic rings. The molecule has 0 aliphatic carbocycles. The summed E-state index contributed by atoms with van der Waals surface area (Å²) in [5.74, 6) is 0.470. The van der Waals surface area contributed by atoms with Crippen LogP contribution in [0.2, 0.25) is 0 Å². The lowest BCUT2D eigenvalue weighted by molar-refractivity contribution is 0.0511. The van der Waals surface area contributed by atoms with E-state index in [0.717, 1.165) is 12.1 Å². The van der Waals surface area contributed by atoms with Gasteiger partial charge in [-0.15, -0.1) is 5.73 Å². The van der Waals surface area contributed by atoms with Crippen molar-refractivity contribution in [2.45, 2.75) is 53.2 Å². The van der Waals surface area contributed by atoms with Crippen molar-refractivity contribution >= 4 is 6.09 Å². The minimum atomic E-state index is -0.475. The molecule has 4 nitrogen and oxygen atoms in total. The molecule has 0 saturated heterocycles. The molecule has 19 heavy (non-hydrogen) atoms. The molecule has 0 aromatic heterocycles. The topological polar surface area (TPSA) is 50.4 Å². The first-order valence-corrected chi connectivity index (χ1v) is 6.83. The SMILES string of the molecule is CC1=C=C(C)[C@H](NC(=O)OC(C)(C)C)CNCC1C. The fourth-order valence-electron chi connectivity index (χ4n) is 1.88. The summed E-state index contributed by atoms with van der Waals surface area (Å²) in [7, 11) is 0. The van der Waals surface area contributed by atoms with Gasteiger partial charge in [0.1, 0.15) is 5.60 Å². The fraction of sp³-hybridized carbons (Fsp3) is 0.733. The van der Waals surface area contributed by atoms with Crippen molar-refractivity contribution in [1.82, 2.24) is 10.6 Å². The lowest BCUT2D eigenvalue weighted by Crippen LogP contribution is -2.46. The van der Waals surface area contributed by atoms with E-state index in [1.54, 1.807) is 0 Å². The molecule has 1 amide bonds. The van der Waals surface area contributed by atoms with Crippen molar-refractivity contribution in [1.29, 1.82) is 0 Å². The predicted molar refractivity (Wildman–Crippen MR) is 77.1 cm³/mol. The molecule has 2 atom stereocenters. The zero-order valence-corrected chi connectivity index (χ0v) is 12.9. The van der Waals surface area contributed by atoms with Crippen molar-refractivity contribution < 1.29 is 9.53 Å². The second-order valence-corrected chi connectivity index (χ2v) is 6.25. The van der Waals surface area contributed by atoms with Crippen LogP contribution in [-0.4, -0.2) is 30.8 Å². The highest BCUT2D eigenvalue weighted by Gasteiger charge is 2.21. The third kappa shape index (κ3) is 5.50. The summed E-state index contributed by atoms with van der Waals surface area (Å²) in [4.78, 5) is 11.8. The molecule has 2 N–H and O–H groups in total. The van der Waals surface area contributed by atoms with Crippen LogP contribution >= 0.6 is 0 Å². The summed E-state index contributed by atoms with van der Waals surface area (Å²) >= 11 is 0. The van der Waals surface area contributed by atoms with Crippen LogP contribution in [0.5, 0.6) is 0 Å². The summed E-state index contributed by atoms with van der Waals surface area (Å²) in [6.07, 6.45) is -0.383. The molecule has 0 radical (unpaired) electrons. The molecule has 0 saturated carbocycles.